The lowest BCUT2D eigenvalue weighted by Crippen LogP contribution is -2.17. The molecule has 0 spiro atoms. The summed E-state index contributed by atoms with van der Waals surface area (Å²) in [5.41, 5.74) is 0.585. The minimum atomic E-state index is -0.368. The Labute approximate surface area is 128 Å². The van der Waals surface area contributed by atoms with Crippen LogP contribution in [-0.2, 0) is 0 Å². The van der Waals surface area contributed by atoms with Gasteiger partial charge in [0.1, 0.15) is 5.82 Å². The number of fused-ring (bicyclic) bond motifs is 1. The summed E-state index contributed by atoms with van der Waals surface area (Å²) in [5.74, 6) is 0.0696. The van der Waals surface area contributed by atoms with Crippen LogP contribution in [0.5, 0.6) is 0 Å². The third kappa shape index (κ3) is 2.85. The van der Waals surface area contributed by atoms with E-state index in [1.807, 2.05) is 6.07 Å². The van der Waals surface area contributed by atoms with Crippen LogP contribution < -0.4 is 10.9 Å². The van der Waals surface area contributed by atoms with Crippen LogP contribution in [0.2, 0.25) is 0 Å². The van der Waals surface area contributed by atoms with Crippen LogP contribution in [-0.4, -0.2) is 15.9 Å². The fourth-order valence-corrected chi connectivity index (χ4v) is 2.40. The topological polar surface area (TPSA) is 74.8 Å². The third-order valence-electron chi connectivity index (χ3n) is 2.96. The number of nitrogens with zero attached hydrogens (tertiary/aromatic N) is 1. The number of anilines is 1. The summed E-state index contributed by atoms with van der Waals surface area (Å²) < 4.78 is 0.827. The molecule has 0 unspecified atom stereocenters. The fraction of sp³-hybridized carbons (Fsp3) is 0. The van der Waals surface area contributed by atoms with Crippen LogP contribution in [0.25, 0.3) is 10.9 Å². The Kier molecular flexibility index (Phi) is 3.53. The van der Waals surface area contributed by atoms with Crippen LogP contribution in [0.15, 0.2) is 57.9 Å². The number of carbonyl (C=O) groups is 1. The van der Waals surface area contributed by atoms with E-state index in [9.17, 15) is 9.59 Å². The number of H-pyrrole nitrogens is 1. The molecule has 6 heteroatoms. The van der Waals surface area contributed by atoms with E-state index in [1.54, 1.807) is 36.5 Å². The molecule has 104 valence electrons. The first kappa shape index (κ1) is 13.5. The van der Waals surface area contributed by atoms with Crippen LogP contribution in [0, 0.1) is 0 Å². The van der Waals surface area contributed by atoms with Gasteiger partial charge in [0.25, 0.3) is 5.91 Å². The highest BCUT2D eigenvalue weighted by atomic mass is 79.9. The van der Waals surface area contributed by atoms with Crippen LogP contribution in [0.3, 0.4) is 0 Å². The maximum absolute atomic E-state index is 12.3. The van der Waals surface area contributed by atoms with Crippen molar-refractivity contribution in [3.8, 4) is 0 Å². The number of aromatic amines is 1. The molecule has 2 N–H and O–H groups in total. The van der Waals surface area contributed by atoms with E-state index in [4.69, 9.17) is 0 Å². The summed E-state index contributed by atoms with van der Waals surface area (Å²) in [7, 11) is 0. The second kappa shape index (κ2) is 5.49. The first-order valence-electron chi connectivity index (χ1n) is 6.18. The molecule has 0 radical (unpaired) electrons. The van der Waals surface area contributed by atoms with Gasteiger partial charge in [0.15, 0.2) is 0 Å². The van der Waals surface area contributed by atoms with Gasteiger partial charge in [-0.1, -0.05) is 28.1 Å². The number of amides is 1. The molecular formula is C15H10BrN3O2. The number of benzene rings is 1. The summed E-state index contributed by atoms with van der Waals surface area (Å²) in [6.07, 6.45) is 1.59. The number of pyridine rings is 2. The summed E-state index contributed by atoms with van der Waals surface area (Å²) in [6, 6.07) is 11.9. The zero-order valence-corrected chi connectivity index (χ0v) is 12.3. The fourth-order valence-electron chi connectivity index (χ4n) is 2.04. The quantitative estimate of drug-likeness (QED) is 0.751. The standard InChI is InChI=1S/C15H10BrN3O2/c16-9-4-5-10-11(8-14(20)18-12(10)7-9)15(21)19-13-3-1-2-6-17-13/h1-8H,(H,18,20)(H,17,19,21). The molecule has 0 atom stereocenters. The van der Waals surface area contributed by atoms with Crippen molar-refractivity contribution in [3.05, 3.63) is 69.1 Å². The second-order valence-corrected chi connectivity index (χ2v) is 5.32. The van der Waals surface area contributed by atoms with E-state index in [2.05, 4.69) is 31.2 Å². The SMILES string of the molecule is O=C(Nc1ccccn1)c1cc(=O)[nH]c2cc(Br)ccc12. The Hall–Kier alpha value is -2.47. The number of aromatic nitrogens is 2. The summed E-state index contributed by atoms with van der Waals surface area (Å²) in [6.45, 7) is 0. The van der Waals surface area contributed by atoms with Gasteiger partial charge >= 0.3 is 0 Å². The van der Waals surface area contributed by atoms with Gasteiger partial charge < -0.3 is 10.3 Å². The normalized spacial score (nSPS) is 10.5. The number of carbonyl (C=O) groups excluding carboxylic acids is 1. The Morgan fingerprint density at radius 1 is 1.19 bits per heavy atom. The third-order valence-corrected chi connectivity index (χ3v) is 3.45. The highest BCUT2D eigenvalue weighted by Crippen LogP contribution is 2.20. The molecule has 1 aromatic carbocycles. The molecule has 2 aromatic heterocycles. The zero-order chi connectivity index (χ0) is 14.8. The number of nitrogens with one attached hydrogen (secondary N) is 2. The Balaban J connectivity index is 2.07. The van der Waals surface area contributed by atoms with Crippen molar-refractivity contribution in [2.24, 2.45) is 0 Å². The molecule has 0 saturated heterocycles. The maximum Gasteiger partial charge on any atom is 0.257 e. The molecule has 0 saturated carbocycles. The Morgan fingerprint density at radius 3 is 2.81 bits per heavy atom. The molecule has 0 bridgehead atoms. The highest BCUT2D eigenvalue weighted by Gasteiger charge is 2.12. The molecule has 0 aliphatic carbocycles. The molecule has 2 heterocycles. The smallest absolute Gasteiger partial charge is 0.257 e. The molecular weight excluding hydrogens is 334 g/mol. The lowest BCUT2D eigenvalue weighted by Gasteiger charge is -2.07. The molecule has 1 amide bonds. The van der Waals surface area contributed by atoms with Crippen molar-refractivity contribution in [2.75, 3.05) is 5.32 Å². The van der Waals surface area contributed by atoms with Crippen molar-refractivity contribution >= 4 is 38.6 Å². The van der Waals surface area contributed by atoms with Crippen LogP contribution in [0.4, 0.5) is 5.82 Å². The van der Waals surface area contributed by atoms with E-state index in [0.717, 1.165) is 4.47 Å². The average molecular weight is 344 g/mol. The first-order chi connectivity index (χ1) is 10.1. The molecule has 21 heavy (non-hydrogen) atoms. The molecule has 3 aromatic rings. The van der Waals surface area contributed by atoms with Crippen molar-refractivity contribution in [1.29, 1.82) is 0 Å². The van der Waals surface area contributed by atoms with Crippen molar-refractivity contribution in [1.82, 2.24) is 9.97 Å². The van der Waals surface area contributed by atoms with E-state index in [0.29, 0.717) is 22.3 Å². The number of hydrogen-bond acceptors (Lipinski definition) is 3. The van der Waals surface area contributed by atoms with E-state index >= 15 is 0 Å². The lowest BCUT2D eigenvalue weighted by atomic mass is 10.1. The van der Waals surface area contributed by atoms with Crippen molar-refractivity contribution in [2.45, 2.75) is 0 Å². The van der Waals surface area contributed by atoms with Crippen molar-refractivity contribution in [3.63, 3.8) is 0 Å². The van der Waals surface area contributed by atoms with Gasteiger partial charge in [-0.2, -0.15) is 0 Å². The maximum atomic E-state index is 12.3. The van der Waals surface area contributed by atoms with E-state index in [1.165, 1.54) is 6.07 Å². The highest BCUT2D eigenvalue weighted by molar-refractivity contribution is 9.10. The Bertz CT molecular complexity index is 875. The van der Waals surface area contributed by atoms with Gasteiger partial charge in [0.05, 0.1) is 11.1 Å². The van der Waals surface area contributed by atoms with Gasteiger partial charge in [-0.3, -0.25) is 9.59 Å². The molecule has 0 aliphatic rings. The monoisotopic (exact) mass is 343 g/mol. The van der Waals surface area contributed by atoms with Gasteiger partial charge in [-0.25, -0.2) is 4.98 Å². The first-order valence-corrected chi connectivity index (χ1v) is 6.98. The minimum absolute atomic E-state index is 0.312. The van der Waals surface area contributed by atoms with E-state index < -0.39 is 0 Å². The molecule has 5 nitrogen and oxygen atoms in total. The van der Waals surface area contributed by atoms with Gasteiger partial charge in [0.2, 0.25) is 5.56 Å². The lowest BCUT2D eigenvalue weighted by molar-refractivity contribution is 0.102. The Morgan fingerprint density at radius 2 is 2.05 bits per heavy atom. The largest absolute Gasteiger partial charge is 0.322 e. The summed E-state index contributed by atoms with van der Waals surface area (Å²) in [4.78, 5) is 30.8. The van der Waals surface area contributed by atoms with Gasteiger partial charge in [-0.05, 0) is 24.3 Å². The van der Waals surface area contributed by atoms with Crippen LogP contribution in [0.1, 0.15) is 10.4 Å². The summed E-state index contributed by atoms with van der Waals surface area (Å²) in [5, 5.41) is 3.35. The van der Waals surface area contributed by atoms with Crippen LogP contribution >= 0.6 is 15.9 Å². The average Bonchev–Trinajstić information content (AvgIpc) is 2.47. The molecule has 3 rings (SSSR count). The molecule has 0 fully saturated rings. The second-order valence-electron chi connectivity index (χ2n) is 4.41. The minimum Gasteiger partial charge on any atom is -0.322 e. The number of rotatable bonds is 2. The van der Waals surface area contributed by atoms with Gasteiger partial charge in [0, 0.05) is 22.1 Å². The summed E-state index contributed by atoms with van der Waals surface area (Å²) >= 11 is 3.34. The molecule has 0 aliphatic heterocycles. The number of halogens is 1. The predicted molar refractivity (Wildman–Crippen MR) is 84.5 cm³/mol. The predicted octanol–water partition coefficient (Wildman–Crippen LogP) is 2.94. The number of hydrogen-bond donors (Lipinski definition) is 2. The zero-order valence-electron chi connectivity index (χ0n) is 10.8. The van der Waals surface area contributed by atoms with Crippen molar-refractivity contribution < 1.29 is 4.79 Å². The van der Waals surface area contributed by atoms with E-state index in [-0.39, 0.29) is 11.5 Å². The van der Waals surface area contributed by atoms with Gasteiger partial charge in [-0.15, -0.1) is 0 Å².